The summed E-state index contributed by atoms with van der Waals surface area (Å²) in [6.45, 7) is 5.96. The van der Waals surface area contributed by atoms with Crippen LogP contribution in [0.5, 0.6) is 0 Å². The van der Waals surface area contributed by atoms with E-state index in [9.17, 15) is 18.0 Å². The number of sulfonamides is 1. The molecule has 25 heavy (non-hydrogen) atoms. The van der Waals surface area contributed by atoms with Gasteiger partial charge >= 0.3 is 12.1 Å². The maximum Gasteiger partial charge on any atom is 0.410 e. The summed E-state index contributed by atoms with van der Waals surface area (Å²) >= 11 is 0.855. The van der Waals surface area contributed by atoms with Crippen LogP contribution in [0.25, 0.3) is 0 Å². The Morgan fingerprint density at radius 2 is 2.08 bits per heavy atom. The number of likely N-dealkylation sites (tertiary alicyclic amines) is 1. The SMILES string of the molecule is CC(C)(C)OC(=O)N1CCC[C@H](NS(=O)(=O)c2ccsc2C(=O)O)C1. The van der Waals surface area contributed by atoms with Gasteiger partial charge in [0, 0.05) is 19.1 Å². The number of nitrogens with zero attached hydrogens (tertiary/aromatic N) is 1. The van der Waals surface area contributed by atoms with Gasteiger partial charge < -0.3 is 14.7 Å². The Balaban J connectivity index is 2.08. The van der Waals surface area contributed by atoms with Gasteiger partial charge in [-0.3, -0.25) is 0 Å². The fourth-order valence-corrected chi connectivity index (χ4v) is 5.04. The van der Waals surface area contributed by atoms with Crippen LogP contribution in [-0.2, 0) is 14.8 Å². The highest BCUT2D eigenvalue weighted by Gasteiger charge is 2.32. The average molecular weight is 390 g/mol. The summed E-state index contributed by atoms with van der Waals surface area (Å²) in [5, 5.41) is 10.5. The van der Waals surface area contributed by atoms with Crippen LogP contribution in [0.3, 0.4) is 0 Å². The Kier molecular flexibility index (Phi) is 5.75. The smallest absolute Gasteiger partial charge is 0.410 e. The van der Waals surface area contributed by atoms with Crippen molar-refractivity contribution in [2.45, 2.75) is 50.2 Å². The Morgan fingerprint density at radius 1 is 1.40 bits per heavy atom. The molecule has 1 aromatic heterocycles. The molecule has 0 unspecified atom stereocenters. The first kappa shape index (κ1) is 19.7. The van der Waals surface area contributed by atoms with Crippen molar-refractivity contribution in [2.75, 3.05) is 13.1 Å². The van der Waals surface area contributed by atoms with E-state index in [2.05, 4.69) is 4.72 Å². The van der Waals surface area contributed by atoms with Crippen molar-refractivity contribution in [1.29, 1.82) is 0 Å². The average Bonchev–Trinajstić information content (AvgIpc) is 2.95. The molecule has 8 nitrogen and oxygen atoms in total. The third kappa shape index (κ3) is 5.16. The molecule has 1 amide bonds. The molecule has 1 saturated heterocycles. The lowest BCUT2D eigenvalue weighted by molar-refractivity contribution is 0.0195. The minimum Gasteiger partial charge on any atom is -0.477 e. The second-order valence-corrected chi connectivity index (χ2v) is 9.40. The third-order valence-corrected chi connectivity index (χ3v) is 6.10. The lowest BCUT2D eigenvalue weighted by atomic mass is 10.1. The Morgan fingerprint density at radius 3 is 2.68 bits per heavy atom. The van der Waals surface area contributed by atoms with Crippen molar-refractivity contribution in [2.24, 2.45) is 0 Å². The zero-order chi connectivity index (χ0) is 18.8. The molecule has 2 rings (SSSR count). The van der Waals surface area contributed by atoms with E-state index in [-0.39, 0.29) is 16.3 Å². The lowest BCUT2D eigenvalue weighted by Gasteiger charge is -2.34. The molecule has 1 fully saturated rings. The van der Waals surface area contributed by atoms with E-state index in [1.165, 1.54) is 16.3 Å². The number of piperidine rings is 1. The number of carbonyl (C=O) groups excluding carboxylic acids is 1. The summed E-state index contributed by atoms with van der Waals surface area (Å²) in [6.07, 6.45) is 0.700. The lowest BCUT2D eigenvalue weighted by Crippen LogP contribution is -2.50. The van der Waals surface area contributed by atoms with Gasteiger partial charge in [-0.05, 0) is 45.1 Å². The number of rotatable bonds is 4. The van der Waals surface area contributed by atoms with Gasteiger partial charge in [-0.15, -0.1) is 11.3 Å². The van der Waals surface area contributed by atoms with E-state index < -0.39 is 33.7 Å². The predicted molar refractivity (Wildman–Crippen MR) is 92.4 cm³/mol. The zero-order valence-electron chi connectivity index (χ0n) is 14.3. The molecule has 0 saturated carbocycles. The second-order valence-electron chi connectivity index (χ2n) is 6.81. The largest absolute Gasteiger partial charge is 0.477 e. The molecular weight excluding hydrogens is 368 g/mol. The first-order valence-electron chi connectivity index (χ1n) is 7.80. The number of thiophene rings is 1. The van der Waals surface area contributed by atoms with E-state index in [4.69, 9.17) is 9.84 Å². The summed E-state index contributed by atoms with van der Waals surface area (Å²) in [7, 11) is -3.98. The van der Waals surface area contributed by atoms with Gasteiger partial charge in [-0.1, -0.05) is 0 Å². The summed E-state index contributed by atoms with van der Waals surface area (Å²) in [4.78, 5) is 24.3. The topological polar surface area (TPSA) is 113 Å². The molecular formula is C15H22N2O6S2. The molecule has 1 atom stereocenters. The van der Waals surface area contributed by atoms with Crippen molar-refractivity contribution < 1.29 is 27.9 Å². The van der Waals surface area contributed by atoms with Crippen molar-refractivity contribution >= 4 is 33.4 Å². The van der Waals surface area contributed by atoms with Gasteiger partial charge in [0.15, 0.2) is 0 Å². The minimum absolute atomic E-state index is 0.181. The first-order valence-corrected chi connectivity index (χ1v) is 10.2. The Labute approximate surface area is 150 Å². The first-order chi connectivity index (χ1) is 11.5. The number of hydrogen-bond donors (Lipinski definition) is 2. The number of aromatic carboxylic acids is 1. The minimum atomic E-state index is -3.98. The summed E-state index contributed by atoms with van der Waals surface area (Å²) in [5.74, 6) is -1.28. The molecule has 2 N–H and O–H groups in total. The van der Waals surface area contributed by atoms with Crippen LogP contribution in [0, 0.1) is 0 Å². The molecule has 2 heterocycles. The second kappa shape index (κ2) is 7.30. The highest BCUT2D eigenvalue weighted by molar-refractivity contribution is 7.89. The van der Waals surface area contributed by atoms with Crippen molar-refractivity contribution in [3.63, 3.8) is 0 Å². The fraction of sp³-hybridized carbons (Fsp3) is 0.600. The maximum atomic E-state index is 12.5. The highest BCUT2D eigenvalue weighted by Crippen LogP contribution is 2.23. The van der Waals surface area contributed by atoms with Gasteiger partial charge in [-0.25, -0.2) is 22.7 Å². The molecule has 10 heteroatoms. The molecule has 1 aliphatic rings. The number of ether oxygens (including phenoxy) is 1. The number of carboxylic acids is 1. The number of amides is 1. The van der Waals surface area contributed by atoms with Crippen LogP contribution in [-0.4, -0.2) is 55.2 Å². The van der Waals surface area contributed by atoms with E-state index in [1.807, 2.05) is 0 Å². The Bertz CT molecular complexity index is 750. The van der Waals surface area contributed by atoms with Crippen LogP contribution in [0.2, 0.25) is 0 Å². The van der Waals surface area contributed by atoms with Crippen LogP contribution < -0.4 is 4.72 Å². The van der Waals surface area contributed by atoms with E-state index in [0.717, 1.165) is 11.3 Å². The van der Waals surface area contributed by atoms with E-state index in [1.54, 1.807) is 20.8 Å². The molecule has 0 aliphatic carbocycles. The van der Waals surface area contributed by atoms with Gasteiger partial charge in [-0.2, -0.15) is 0 Å². The number of nitrogens with one attached hydrogen (secondary N) is 1. The molecule has 0 spiro atoms. The summed E-state index contributed by atoms with van der Waals surface area (Å²) in [5.41, 5.74) is -0.628. The quantitative estimate of drug-likeness (QED) is 0.814. The van der Waals surface area contributed by atoms with Crippen LogP contribution in [0.15, 0.2) is 16.3 Å². The molecule has 1 aromatic rings. The molecule has 0 radical (unpaired) electrons. The standard InChI is InChI=1S/C15H22N2O6S2/c1-15(2,3)23-14(20)17-7-4-5-10(9-17)16-25(21,22)11-6-8-24-12(11)13(18)19/h6,8,10,16H,4-5,7,9H2,1-3H3,(H,18,19)/t10-/m0/s1. The normalized spacial score (nSPS) is 18.8. The van der Waals surface area contributed by atoms with Crippen molar-refractivity contribution in [3.8, 4) is 0 Å². The van der Waals surface area contributed by atoms with Crippen molar-refractivity contribution in [3.05, 3.63) is 16.3 Å². The molecule has 140 valence electrons. The molecule has 0 bridgehead atoms. The van der Waals surface area contributed by atoms with Crippen LogP contribution in [0.1, 0.15) is 43.3 Å². The van der Waals surface area contributed by atoms with Gasteiger partial charge in [0.2, 0.25) is 10.0 Å². The van der Waals surface area contributed by atoms with Crippen LogP contribution >= 0.6 is 11.3 Å². The zero-order valence-corrected chi connectivity index (χ0v) is 15.9. The number of hydrogen-bond acceptors (Lipinski definition) is 6. The fourth-order valence-electron chi connectivity index (χ4n) is 2.51. The molecule has 1 aliphatic heterocycles. The van der Waals surface area contributed by atoms with Gasteiger partial charge in [0.25, 0.3) is 0 Å². The van der Waals surface area contributed by atoms with Gasteiger partial charge in [0.05, 0.1) is 0 Å². The number of carbonyl (C=O) groups is 2. The van der Waals surface area contributed by atoms with E-state index in [0.29, 0.717) is 19.4 Å². The molecule has 0 aromatic carbocycles. The maximum absolute atomic E-state index is 12.5. The monoisotopic (exact) mass is 390 g/mol. The highest BCUT2D eigenvalue weighted by atomic mass is 32.2. The third-order valence-electron chi connectivity index (χ3n) is 3.51. The van der Waals surface area contributed by atoms with E-state index >= 15 is 0 Å². The summed E-state index contributed by atoms with van der Waals surface area (Å²) < 4.78 is 32.8. The predicted octanol–water partition coefficient (Wildman–Crippen LogP) is 2.12. The number of carboxylic acid groups (broad SMARTS) is 1. The Hall–Kier alpha value is -1.65. The van der Waals surface area contributed by atoms with Crippen LogP contribution in [0.4, 0.5) is 4.79 Å². The van der Waals surface area contributed by atoms with Gasteiger partial charge in [0.1, 0.15) is 15.4 Å². The summed E-state index contributed by atoms with van der Waals surface area (Å²) in [6, 6.07) is 0.776. The van der Waals surface area contributed by atoms with Crippen molar-refractivity contribution in [1.82, 2.24) is 9.62 Å².